The predicted octanol–water partition coefficient (Wildman–Crippen LogP) is 1.62. The van der Waals surface area contributed by atoms with Crippen molar-refractivity contribution >= 4 is 12.2 Å². The first-order valence-electron chi connectivity index (χ1n) is 7.42. The molecule has 1 aromatic heterocycles. The number of aromatic nitrogens is 2. The minimum Gasteiger partial charge on any atom is -0.303 e. The van der Waals surface area contributed by atoms with Gasteiger partial charge < -0.3 is 4.79 Å². The number of carbonyl (C=O) groups is 2. The maximum atomic E-state index is 12.3. The molecule has 0 radical (unpaired) electrons. The average Bonchev–Trinajstić information content (AvgIpc) is 2.59. The number of hydrogen-bond acceptors (Lipinski definition) is 4. The molecule has 6 heteroatoms. The molecule has 23 heavy (non-hydrogen) atoms. The summed E-state index contributed by atoms with van der Waals surface area (Å²) in [5.74, 6) is -0.672. The van der Waals surface area contributed by atoms with Crippen molar-refractivity contribution < 1.29 is 9.59 Å². The van der Waals surface area contributed by atoms with Crippen molar-refractivity contribution in [3.63, 3.8) is 0 Å². The molecule has 0 aliphatic carbocycles. The van der Waals surface area contributed by atoms with Gasteiger partial charge in [-0.25, -0.2) is 4.79 Å². The van der Waals surface area contributed by atoms with E-state index >= 15 is 0 Å². The molecule has 0 aliphatic heterocycles. The van der Waals surface area contributed by atoms with E-state index in [0.717, 1.165) is 0 Å². The van der Waals surface area contributed by atoms with Crippen molar-refractivity contribution in [1.82, 2.24) is 9.13 Å². The van der Waals surface area contributed by atoms with E-state index in [-0.39, 0.29) is 24.1 Å². The highest BCUT2D eigenvalue weighted by Crippen LogP contribution is 2.00. The Bertz CT molecular complexity index is 788. The second-order valence-electron chi connectivity index (χ2n) is 4.56. The molecule has 0 amide bonds. The highest BCUT2D eigenvalue weighted by atomic mass is 16.2. The van der Waals surface area contributed by atoms with Crippen LogP contribution in [0.4, 0.5) is 0 Å². The Hall–Kier alpha value is -2.76. The molecule has 2 aromatic rings. The fourth-order valence-corrected chi connectivity index (χ4v) is 1.98. The second kappa shape index (κ2) is 8.63. The van der Waals surface area contributed by atoms with E-state index in [2.05, 4.69) is 0 Å². The van der Waals surface area contributed by atoms with E-state index in [1.807, 2.05) is 13.8 Å². The van der Waals surface area contributed by atoms with Gasteiger partial charge in [0.1, 0.15) is 6.29 Å². The molecule has 0 unspecified atom stereocenters. The summed E-state index contributed by atoms with van der Waals surface area (Å²) >= 11 is 0. The van der Waals surface area contributed by atoms with Crippen molar-refractivity contribution in [1.29, 1.82) is 0 Å². The van der Waals surface area contributed by atoms with Gasteiger partial charge in [-0.15, -0.1) is 0 Å². The first-order valence-corrected chi connectivity index (χ1v) is 7.42. The Morgan fingerprint density at radius 2 is 1.74 bits per heavy atom. The maximum absolute atomic E-state index is 12.3. The van der Waals surface area contributed by atoms with Gasteiger partial charge in [-0.1, -0.05) is 32.0 Å². The smallest absolute Gasteiger partial charge is 0.303 e. The van der Waals surface area contributed by atoms with E-state index < -0.39 is 17.2 Å². The first-order chi connectivity index (χ1) is 11.1. The van der Waals surface area contributed by atoms with Crippen LogP contribution in [0.3, 0.4) is 0 Å². The number of rotatable bonds is 4. The Morgan fingerprint density at radius 3 is 2.30 bits per heavy atom. The molecule has 0 bridgehead atoms. The summed E-state index contributed by atoms with van der Waals surface area (Å²) in [4.78, 5) is 47.1. The topological polar surface area (TPSA) is 78.1 Å². The van der Waals surface area contributed by atoms with Crippen LogP contribution in [0, 0.1) is 6.92 Å². The minimum absolute atomic E-state index is 0.130. The molecule has 0 atom stereocenters. The van der Waals surface area contributed by atoms with Gasteiger partial charge in [0.15, 0.2) is 0 Å². The Balaban J connectivity index is 0.00000127. The van der Waals surface area contributed by atoms with Crippen LogP contribution in [0.5, 0.6) is 0 Å². The van der Waals surface area contributed by atoms with Crippen molar-refractivity contribution in [3.05, 3.63) is 68.5 Å². The molecule has 0 fully saturated rings. The average molecular weight is 316 g/mol. The fourth-order valence-electron chi connectivity index (χ4n) is 1.98. The summed E-state index contributed by atoms with van der Waals surface area (Å²) < 4.78 is 1.81. The van der Waals surface area contributed by atoms with E-state index in [9.17, 15) is 19.2 Å². The summed E-state index contributed by atoms with van der Waals surface area (Å²) in [7, 11) is 0. The monoisotopic (exact) mass is 316 g/mol. The van der Waals surface area contributed by atoms with Crippen LogP contribution in [-0.2, 0) is 11.3 Å². The van der Waals surface area contributed by atoms with Crippen LogP contribution in [-0.4, -0.2) is 21.3 Å². The van der Waals surface area contributed by atoms with E-state index in [1.54, 1.807) is 18.2 Å². The molecular formula is C17H20N2O4. The van der Waals surface area contributed by atoms with Crippen molar-refractivity contribution in [2.24, 2.45) is 0 Å². The van der Waals surface area contributed by atoms with Crippen LogP contribution >= 0.6 is 0 Å². The Morgan fingerprint density at radius 1 is 1.13 bits per heavy atom. The molecule has 0 saturated carbocycles. The van der Waals surface area contributed by atoms with Gasteiger partial charge in [0.2, 0.25) is 0 Å². The van der Waals surface area contributed by atoms with Crippen molar-refractivity contribution in [2.75, 3.05) is 0 Å². The number of aldehydes is 1. The third-order valence-electron chi connectivity index (χ3n) is 3.04. The lowest BCUT2D eigenvalue weighted by molar-refractivity contribution is -0.108. The zero-order chi connectivity index (χ0) is 17.4. The molecule has 0 spiro atoms. The van der Waals surface area contributed by atoms with Crippen LogP contribution in [0.15, 0.2) is 46.1 Å². The summed E-state index contributed by atoms with van der Waals surface area (Å²) in [6, 6.07) is 8.11. The number of benzene rings is 1. The van der Waals surface area contributed by atoms with Crippen LogP contribution < -0.4 is 11.2 Å². The Labute approximate surface area is 134 Å². The van der Waals surface area contributed by atoms with Gasteiger partial charge in [-0.2, -0.15) is 4.57 Å². The van der Waals surface area contributed by atoms with E-state index in [4.69, 9.17) is 0 Å². The van der Waals surface area contributed by atoms with Gasteiger partial charge in [-0.3, -0.25) is 14.2 Å². The third kappa shape index (κ3) is 4.12. The van der Waals surface area contributed by atoms with E-state index in [0.29, 0.717) is 10.9 Å². The van der Waals surface area contributed by atoms with Crippen molar-refractivity contribution in [2.45, 2.75) is 33.7 Å². The lowest BCUT2D eigenvalue weighted by atomic mass is 10.2. The minimum atomic E-state index is -0.735. The quantitative estimate of drug-likeness (QED) is 0.803. The Kier molecular flexibility index (Phi) is 6.86. The number of nitrogens with zero attached hydrogens (tertiary/aromatic N) is 2. The molecule has 1 heterocycles. The second-order valence-corrected chi connectivity index (χ2v) is 4.56. The normalized spacial score (nSPS) is 9.70. The van der Waals surface area contributed by atoms with Crippen molar-refractivity contribution in [3.8, 4) is 0 Å². The van der Waals surface area contributed by atoms with Gasteiger partial charge in [-0.05, 0) is 19.1 Å². The molecule has 6 nitrogen and oxygen atoms in total. The molecule has 1 aromatic carbocycles. The van der Waals surface area contributed by atoms with Crippen LogP contribution in [0.2, 0.25) is 0 Å². The first kappa shape index (κ1) is 18.3. The third-order valence-corrected chi connectivity index (χ3v) is 3.04. The molecule has 0 N–H and O–H groups in total. The number of carbonyl (C=O) groups excluding carboxylic acids is 2. The zero-order valence-electron chi connectivity index (χ0n) is 13.5. The SMILES string of the molecule is CC.Cc1cn(CCC=O)c(=O)n(C(=O)c2ccccc2)c1=O. The summed E-state index contributed by atoms with van der Waals surface area (Å²) in [5, 5.41) is 0. The summed E-state index contributed by atoms with van der Waals surface area (Å²) in [6.45, 7) is 5.65. The van der Waals surface area contributed by atoms with Gasteiger partial charge >= 0.3 is 5.69 Å². The summed E-state index contributed by atoms with van der Waals surface area (Å²) in [5.41, 5.74) is -0.855. The van der Waals surface area contributed by atoms with Gasteiger partial charge in [0.05, 0.1) is 0 Å². The highest BCUT2D eigenvalue weighted by Gasteiger charge is 2.16. The number of aryl methyl sites for hydroxylation is 2. The van der Waals surface area contributed by atoms with Crippen LogP contribution in [0.25, 0.3) is 0 Å². The van der Waals surface area contributed by atoms with Crippen LogP contribution in [0.1, 0.15) is 36.2 Å². The molecule has 0 saturated heterocycles. The maximum Gasteiger partial charge on any atom is 0.338 e. The summed E-state index contributed by atoms with van der Waals surface area (Å²) in [6.07, 6.45) is 2.18. The zero-order valence-corrected chi connectivity index (χ0v) is 13.5. The van der Waals surface area contributed by atoms with Gasteiger partial charge in [0.25, 0.3) is 11.5 Å². The standard InChI is InChI=1S/C15H14N2O4.C2H6/c1-11-10-16(8-5-9-18)15(21)17(13(11)19)14(20)12-6-3-2-4-7-12;1-2/h2-4,6-7,9-10H,5,8H2,1H3;1-2H3. The lowest BCUT2D eigenvalue weighted by Gasteiger charge is -2.09. The predicted molar refractivity (Wildman–Crippen MR) is 87.9 cm³/mol. The molecule has 0 aliphatic rings. The largest absolute Gasteiger partial charge is 0.338 e. The van der Waals surface area contributed by atoms with Gasteiger partial charge in [0, 0.05) is 30.3 Å². The molecule has 2 rings (SSSR count). The molecule has 122 valence electrons. The fraction of sp³-hybridized carbons (Fsp3) is 0.294. The van der Waals surface area contributed by atoms with E-state index in [1.165, 1.54) is 29.8 Å². The lowest BCUT2D eigenvalue weighted by Crippen LogP contribution is -2.44. The number of hydrogen-bond donors (Lipinski definition) is 0. The highest BCUT2D eigenvalue weighted by molar-refractivity contribution is 5.95. The molecular weight excluding hydrogens is 296 g/mol.